The zero-order valence-electron chi connectivity index (χ0n) is 12.3. The fraction of sp³-hybridized carbons (Fsp3) is 0.250. The number of anilines is 1. The first-order valence-electron chi connectivity index (χ1n) is 6.89. The number of aryl methyl sites for hydroxylation is 1. The van der Waals surface area contributed by atoms with E-state index in [1.165, 1.54) is 17.4 Å². The van der Waals surface area contributed by atoms with Crippen LogP contribution in [0.4, 0.5) is 14.5 Å². The van der Waals surface area contributed by atoms with Crippen molar-refractivity contribution in [2.24, 2.45) is 0 Å². The van der Waals surface area contributed by atoms with E-state index in [2.05, 4.69) is 5.32 Å². The molecule has 0 unspecified atom stereocenters. The molecule has 0 bridgehead atoms. The van der Waals surface area contributed by atoms with Crippen molar-refractivity contribution in [3.8, 4) is 0 Å². The molecule has 7 heteroatoms. The zero-order valence-corrected chi connectivity index (χ0v) is 14.0. The van der Waals surface area contributed by atoms with Gasteiger partial charge in [-0.3, -0.25) is 9.59 Å². The van der Waals surface area contributed by atoms with Crippen molar-refractivity contribution in [1.29, 1.82) is 0 Å². The lowest BCUT2D eigenvalue weighted by atomic mass is 10.2. The average Bonchev–Trinajstić information content (AvgIpc) is 2.93. The van der Waals surface area contributed by atoms with E-state index in [0.29, 0.717) is 27.2 Å². The zero-order chi connectivity index (χ0) is 16.8. The van der Waals surface area contributed by atoms with Gasteiger partial charge in [-0.2, -0.15) is 8.78 Å². The Bertz CT molecular complexity index is 701. The largest absolute Gasteiger partial charge is 0.325 e. The summed E-state index contributed by atoms with van der Waals surface area (Å²) in [6, 6.07) is 9.97. The summed E-state index contributed by atoms with van der Waals surface area (Å²) in [5.74, 6) is -3.01. The van der Waals surface area contributed by atoms with Gasteiger partial charge in [0, 0.05) is 22.6 Å². The van der Waals surface area contributed by atoms with Crippen molar-refractivity contribution in [3.05, 3.63) is 46.2 Å². The second-order valence-corrected chi connectivity index (χ2v) is 7.08. The number of ketones is 1. The van der Waals surface area contributed by atoms with Gasteiger partial charge in [0.15, 0.2) is 5.78 Å². The number of para-hydroxylation sites is 1. The lowest BCUT2D eigenvalue weighted by molar-refractivity contribution is -0.116. The monoisotopic (exact) mass is 355 g/mol. The normalized spacial score (nSPS) is 10.8. The third kappa shape index (κ3) is 5.44. The van der Waals surface area contributed by atoms with E-state index in [-0.39, 0.29) is 24.5 Å². The number of hydrogen-bond donors (Lipinski definition) is 1. The minimum Gasteiger partial charge on any atom is -0.325 e. The number of carbonyl (C=O) groups is 2. The number of carbonyl (C=O) groups excluding carboxylic acids is 2. The number of rotatable bonds is 7. The molecule has 1 aromatic carbocycles. The molecule has 2 aromatic rings. The van der Waals surface area contributed by atoms with E-state index in [0.717, 1.165) is 4.88 Å². The standard InChI is InChI=1S/C16H15F2NO2S2/c1-10-6-8-14(22-10)12(20)7-9-15(21)19-11-4-2-3-5-13(11)23-16(17)18/h2-6,8,16H,7,9H2,1H3,(H,19,21). The van der Waals surface area contributed by atoms with Crippen LogP contribution in [0.2, 0.25) is 0 Å². The maximum atomic E-state index is 12.5. The molecule has 2 rings (SSSR count). The summed E-state index contributed by atoms with van der Waals surface area (Å²) in [7, 11) is 0. The van der Waals surface area contributed by atoms with Crippen LogP contribution in [0.1, 0.15) is 27.4 Å². The van der Waals surface area contributed by atoms with Crippen molar-refractivity contribution in [3.63, 3.8) is 0 Å². The van der Waals surface area contributed by atoms with Crippen LogP contribution in [-0.2, 0) is 4.79 Å². The summed E-state index contributed by atoms with van der Waals surface area (Å²) >= 11 is 1.77. The number of Topliss-reactive ketones (excluding diaryl/α,β-unsaturated/α-hetero) is 1. The Hall–Kier alpha value is -1.73. The number of thioether (sulfide) groups is 1. The Balaban J connectivity index is 1.91. The lowest BCUT2D eigenvalue weighted by Gasteiger charge is -2.10. The first kappa shape index (κ1) is 17.6. The van der Waals surface area contributed by atoms with Crippen LogP contribution < -0.4 is 5.32 Å². The quantitative estimate of drug-likeness (QED) is 0.563. The van der Waals surface area contributed by atoms with Crippen LogP contribution in [0, 0.1) is 6.92 Å². The van der Waals surface area contributed by atoms with Crippen molar-refractivity contribution in [2.75, 3.05) is 5.32 Å². The molecule has 1 heterocycles. The van der Waals surface area contributed by atoms with Crippen molar-refractivity contribution >= 4 is 40.5 Å². The molecule has 0 spiro atoms. The minimum absolute atomic E-state index is 0.0173. The molecule has 0 radical (unpaired) electrons. The first-order chi connectivity index (χ1) is 11.0. The van der Waals surface area contributed by atoms with Gasteiger partial charge in [-0.1, -0.05) is 23.9 Å². The van der Waals surface area contributed by atoms with Crippen LogP contribution in [0.5, 0.6) is 0 Å². The van der Waals surface area contributed by atoms with Crippen molar-refractivity contribution in [2.45, 2.75) is 30.4 Å². The topological polar surface area (TPSA) is 46.2 Å². The number of halogens is 2. The fourth-order valence-electron chi connectivity index (χ4n) is 1.92. The SMILES string of the molecule is Cc1ccc(C(=O)CCC(=O)Nc2ccccc2SC(F)F)s1. The summed E-state index contributed by atoms with van der Waals surface area (Å²) in [5.41, 5.74) is 0.335. The van der Waals surface area contributed by atoms with Crippen molar-refractivity contribution in [1.82, 2.24) is 0 Å². The Morgan fingerprint density at radius 2 is 1.91 bits per heavy atom. The highest BCUT2D eigenvalue weighted by molar-refractivity contribution is 7.99. The molecule has 0 aliphatic heterocycles. The van der Waals surface area contributed by atoms with Crippen LogP contribution in [0.3, 0.4) is 0 Å². The number of nitrogens with one attached hydrogen (secondary N) is 1. The predicted octanol–water partition coefficient (Wildman–Crippen LogP) is 4.97. The average molecular weight is 355 g/mol. The smallest absolute Gasteiger partial charge is 0.288 e. The van der Waals surface area contributed by atoms with E-state index in [1.54, 1.807) is 24.3 Å². The molecule has 0 saturated heterocycles. The second-order valence-electron chi connectivity index (χ2n) is 4.76. The van der Waals surface area contributed by atoms with Gasteiger partial charge >= 0.3 is 0 Å². The Morgan fingerprint density at radius 3 is 2.57 bits per heavy atom. The predicted molar refractivity (Wildman–Crippen MR) is 89.6 cm³/mol. The van der Waals surface area contributed by atoms with Crippen LogP contribution >= 0.6 is 23.1 Å². The molecule has 0 fully saturated rings. The van der Waals surface area contributed by atoms with Gasteiger partial charge in [0.1, 0.15) is 0 Å². The Morgan fingerprint density at radius 1 is 1.17 bits per heavy atom. The summed E-state index contributed by atoms with van der Waals surface area (Å²) in [6.45, 7) is 1.91. The Labute approximate surface area is 141 Å². The maximum Gasteiger partial charge on any atom is 0.288 e. The minimum atomic E-state index is -2.56. The van der Waals surface area contributed by atoms with Gasteiger partial charge in [-0.25, -0.2) is 0 Å². The molecular formula is C16H15F2NO2S2. The maximum absolute atomic E-state index is 12.5. The highest BCUT2D eigenvalue weighted by Gasteiger charge is 2.14. The summed E-state index contributed by atoms with van der Waals surface area (Å²) in [5, 5.41) is 2.59. The van der Waals surface area contributed by atoms with Crippen LogP contribution in [0.15, 0.2) is 41.3 Å². The molecule has 0 aliphatic carbocycles. The molecule has 1 N–H and O–H groups in total. The first-order valence-corrected chi connectivity index (χ1v) is 8.58. The van der Waals surface area contributed by atoms with Crippen molar-refractivity contribution < 1.29 is 18.4 Å². The number of hydrogen-bond acceptors (Lipinski definition) is 4. The molecule has 0 saturated carbocycles. The van der Waals surface area contributed by atoms with Gasteiger partial charge in [0.05, 0.1) is 10.6 Å². The summed E-state index contributed by atoms with van der Waals surface area (Å²) < 4.78 is 25.0. The van der Waals surface area contributed by atoms with E-state index in [4.69, 9.17) is 0 Å². The Kier molecular flexibility index (Phi) is 6.29. The third-order valence-electron chi connectivity index (χ3n) is 2.97. The third-order valence-corrected chi connectivity index (χ3v) is 4.80. The summed E-state index contributed by atoms with van der Waals surface area (Å²) in [6.07, 6.45) is 0.111. The molecule has 122 valence electrons. The van der Waals surface area contributed by atoms with Gasteiger partial charge in [-0.05, 0) is 31.2 Å². The van der Waals surface area contributed by atoms with E-state index in [1.807, 2.05) is 13.0 Å². The molecule has 23 heavy (non-hydrogen) atoms. The van der Waals surface area contributed by atoms with Gasteiger partial charge in [0.2, 0.25) is 5.91 Å². The summed E-state index contributed by atoms with van der Waals surface area (Å²) in [4.78, 5) is 25.9. The molecular weight excluding hydrogens is 340 g/mol. The highest BCUT2D eigenvalue weighted by Crippen LogP contribution is 2.31. The van der Waals surface area contributed by atoms with E-state index >= 15 is 0 Å². The number of benzene rings is 1. The molecule has 1 aromatic heterocycles. The molecule has 0 atom stereocenters. The fourth-order valence-corrected chi connectivity index (χ4v) is 3.35. The van der Waals surface area contributed by atoms with Gasteiger partial charge < -0.3 is 5.32 Å². The van der Waals surface area contributed by atoms with Crippen LogP contribution in [0.25, 0.3) is 0 Å². The van der Waals surface area contributed by atoms with E-state index < -0.39 is 5.76 Å². The lowest BCUT2D eigenvalue weighted by Crippen LogP contribution is -2.13. The number of alkyl halides is 2. The molecule has 1 amide bonds. The van der Waals surface area contributed by atoms with Gasteiger partial charge in [0.25, 0.3) is 5.76 Å². The second kappa shape index (κ2) is 8.21. The number of thiophene rings is 1. The van der Waals surface area contributed by atoms with E-state index in [9.17, 15) is 18.4 Å². The van der Waals surface area contributed by atoms with Crippen LogP contribution in [-0.4, -0.2) is 17.4 Å². The number of amides is 1. The highest BCUT2D eigenvalue weighted by atomic mass is 32.2. The van der Waals surface area contributed by atoms with Gasteiger partial charge in [-0.15, -0.1) is 11.3 Å². The molecule has 0 aliphatic rings. The molecule has 3 nitrogen and oxygen atoms in total.